The number of nitrogens with one attached hydrogen (secondary N) is 1. The third-order valence-corrected chi connectivity index (χ3v) is 5.09. The number of thiophene rings is 1. The summed E-state index contributed by atoms with van der Waals surface area (Å²) in [4.78, 5) is 12.6. The molecule has 112 valence electrons. The Labute approximate surface area is 123 Å². The second-order valence-electron chi connectivity index (χ2n) is 5.95. The fraction of sp³-hybridized carbons (Fsp3) is 0.667. The van der Waals surface area contributed by atoms with Crippen LogP contribution in [-0.2, 0) is 17.8 Å². The number of carboxylic acids is 1. The van der Waals surface area contributed by atoms with Gasteiger partial charge in [-0.1, -0.05) is 6.92 Å². The van der Waals surface area contributed by atoms with Crippen molar-refractivity contribution in [2.24, 2.45) is 5.92 Å². The van der Waals surface area contributed by atoms with Gasteiger partial charge >= 0.3 is 5.97 Å². The Kier molecular flexibility index (Phi) is 5.18. The van der Waals surface area contributed by atoms with E-state index >= 15 is 0 Å². The van der Waals surface area contributed by atoms with Gasteiger partial charge in [-0.15, -0.1) is 11.3 Å². The summed E-state index contributed by atoms with van der Waals surface area (Å²) in [5, 5.41) is 22.5. The number of hydrogen-bond acceptors (Lipinski definition) is 4. The number of aliphatic carboxylic acids is 1. The monoisotopic (exact) mass is 297 g/mol. The molecule has 3 N–H and O–H groups in total. The van der Waals surface area contributed by atoms with E-state index in [4.69, 9.17) is 5.11 Å². The molecule has 5 heteroatoms. The van der Waals surface area contributed by atoms with E-state index in [2.05, 4.69) is 12.2 Å². The molecule has 1 aromatic rings. The molecule has 0 atom stereocenters. The quantitative estimate of drug-likeness (QED) is 0.754. The lowest BCUT2D eigenvalue weighted by molar-refractivity contribution is -0.136. The summed E-state index contributed by atoms with van der Waals surface area (Å²) >= 11 is 1.52. The number of carboxylic acid groups (broad SMARTS) is 1. The van der Waals surface area contributed by atoms with Crippen LogP contribution in [0.1, 0.15) is 42.4 Å². The number of rotatable bonds is 6. The summed E-state index contributed by atoms with van der Waals surface area (Å²) in [6.07, 6.45) is 4.03. The summed E-state index contributed by atoms with van der Waals surface area (Å²) in [6.45, 7) is 3.55. The zero-order valence-corrected chi connectivity index (χ0v) is 12.7. The summed E-state index contributed by atoms with van der Waals surface area (Å²) in [6, 6.07) is 3.83. The molecule has 0 amide bonds. The minimum Gasteiger partial charge on any atom is -0.481 e. The van der Waals surface area contributed by atoms with E-state index in [9.17, 15) is 9.90 Å². The molecule has 2 rings (SSSR count). The van der Waals surface area contributed by atoms with Crippen LogP contribution in [0.15, 0.2) is 12.1 Å². The first-order valence-electron chi connectivity index (χ1n) is 7.19. The van der Waals surface area contributed by atoms with E-state index in [0.29, 0.717) is 13.1 Å². The second kappa shape index (κ2) is 6.70. The van der Waals surface area contributed by atoms with Gasteiger partial charge in [0.25, 0.3) is 0 Å². The lowest BCUT2D eigenvalue weighted by atomic mass is 9.79. The van der Waals surface area contributed by atoms with Crippen molar-refractivity contribution < 1.29 is 15.0 Å². The second-order valence-corrected chi connectivity index (χ2v) is 7.20. The van der Waals surface area contributed by atoms with Gasteiger partial charge in [0.2, 0.25) is 0 Å². The standard InChI is InChI=1S/C15H23NO3S/c1-11-4-6-15(19,7-5-11)10-16-9-13-3-2-12(20-13)8-14(17)18/h2-3,11,16,19H,4-10H2,1H3,(H,17,18). The summed E-state index contributed by atoms with van der Waals surface area (Å²) in [5.41, 5.74) is -0.562. The third-order valence-electron chi connectivity index (χ3n) is 4.00. The Morgan fingerprint density at radius 1 is 1.40 bits per heavy atom. The third kappa shape index (κ3) is 4.58. The van der Waals surface area contributed by atoms with Gasteiger partial charge in [0.15, 0.2) is 0 Å². The molecule has 1 aromatic heterocycles. The van der Waals surface area contributed by atoms with E-state index in [1.165, 1.54) is 11.3 Å². The molecule has 1 aliphatic rings. The van der Waals surface area contributed by atoms with Crippen molar-refractivity contribution in [3.05, 3.63) is 21.9 Å². The van der Waals surface area contributed by atoms with Crippen LogP contribution in [0, 0.1) is 5.92 Å². The summed E-state index contributed by atoms with van der Waals surface area (Å²) in [5.74, 6) is -0.0665. The van der Waals surface area contributed by atoms with Crippen molar-refractivity contribution in [3.8, 4) is 0 Å². The Bertz CT molecular complexity index is 450. The smallest absolute Gasteiger partial charge is 0.308 e. The molecule has 20 heavy (non-hydrogen) atoms. The van der Waals surface area contributed by atoms with E-state index in [-0.39, 0.29) is 6.42 Å². The average molecular weight is 297 g/mol. The molecule has 0 unspecified atom stereocenters. The normalized spacial score (nSPS) is 26.6. The molecule has 0 bridgehead atoms. The highest BCUT2D eigenvalue weighted by molar-refractivity contribution is 7.12. The molecule has 1 saturated carbocycles. The van der Waals surface area contributed by atoms with Crippen LogP contribution in [0.25, 0.3) is 0 Å². The van der Waals surface area contributed by atoms with Gasteiger partial charge < -0.3 is 15.5 Å². The lowest BCUT2D eigenvalue weighted by Gasteiger charge is -2.35. The highest BCUT2D eigenvalue weighted by Crippen LogP contribution is 2.31. The van der Waals surface area contributed by atoms with Crippen LogP contribution >= 0.6 is 11.3 Å². The zero-order valence-electron chi connectivity index (χ0n) is 11.9. The van der Waals surface area contributed by atoms with Gasteiger partial charge in [0, 0.05) is 22.8 Å². The van der Waals surface area contributed by atoms with Crippen molar-refractivity contribution in [1.29, 1.82) is 0 Å². The number of hydrogen-bond donors (Lipinski definition) is 3. The minimum atomic E-state index is -0.794. The van der Waals surface area contributed by atoms with Crippen LogP contribution < -0.4 is 5.32 Å². The van der Waals surface area contributed by atoms with Crippen molar-refractivity contribution in [2.45, 2.75) is 51.2 Å². The van der Waals surface area contributed by atoms with Gasteiger partial charge in [-0.2, -0.15) is 0 Å². The molecule has 0 aromatic carbocycles. The molecule has 4 nitrogen and oxygen atoms in total. The summed E-state index contributed by atoms with van der Waals surface area (Å²) < 4.78 is 0. The van der Waals surface area contributed by atoms with Crippen molar-refractivity contribution in [3.63, 3.8) is 0 Å². The average Bonchev–Trinajstić information content (AvgIpc) is 2.80. The van der Waals surface area contributed by atoms with Crippen LogP contribution in [-0.4, -0.2) is 28.3 Å². The molecule has 0 spiro atoms. The van der Waals surface area contributed by atoms with Crippen molar-refractivity contribution in [1.82, 2.24) is 5.32 Å². The maximum absolute atomic E-state index is 10.6. The van der Waals surface area contributed by atoms with Crippen LogP contribution in [0.2, 0.25) is 0 Å². The SMILES string of the molecule is CC1CCC(O)(CNCc2ccc(CC(=O)O)s2)CC1. The highest BCUT2D eigenvalue weighted by atomic mass is 32.1. The predicted molar refractivity (Wildman–Crippen MR) is 79.9 cm³/mol. The van der Waals surface area contributed by atoms with E-state index in [1.807, 2.05) is 12.1 Å². The van der Waals surface area contributed by atoms with E-state index < -0.39 is 11.6 Å². The van der Waals surface area contributed by atoms with Gasteiger partial charge in [0.1, 0.15) is 0 Å². The molecule has 0 aliphatic heterocycles. The molecule has 1 aliphatic carbocycles. The lowest BCUT2D eigenvalue weighted by Crippen LogP contribution is -2.43. The first kappa shape index (κ1) is 15.5. The zero-order chi connectivity index (χ0) is 14.6. The molecule has 0 saturated heterocycles. The van der Waals surface area contributed by atoms with Crippen LogP contribution in [0.5, 0.6) is 0 Å². The number of carbonyl (C=O) groups is 1. The maximum Gasteiger partial charge on any atom is 0.308 e. The Hall–Kier alpha value is -0.910. The van der Waals surface area contributed by atoms with Crippen LogP contribution in [0.4, 0.5) is 0 Å². The summed E-state index contributed by atoms with van der Waals surface area (Å²) in [7, 11) is 0. The Morgan fingerprint density at radius 3 is 2.70 bits per heavy atom. The Balaban J connectivity index is 1.75. The first-order valence-corrected chi connectivity index (χ1v) is 8.01. The number of aliphatic hydroxyl groups is 1. The highest BCUT2D eigenvalue weighted by Gasteiger charge is 2.31. The first-order chi connectivity index (χ1) is 9.47. The molecule has 1 fully saturated rings. The van der Waals surface area contributed by atoms with Crippen molar-refractivity contribution in [2.75, 3.05) is 6.54 Å². The molecule has 0 radical (unpaired) electrons. The fourth-order valence-corrected chi connectivity index (χ4v) is 3.63. The van der Waals surface area contributed by atoms with Gasteiger partial charge in [0.05, 0.1) is 12.0 Å². The van der Waals surface area contributed by atoms with Crippen molar-refractivity contribution >= 4 is 17.3 Å². The predicted octanol–water partition coefficient (Wildman–Crippen LogP) is 2.41. The van der Waals surface area contributed by atoms with Gasteiger partial charge in [-0.3, -0.25) is 4.79 Å². The topological polar surface area (TPSA) is 69.6 Å². The molecular formula is C15H23NO3S. The fourth-order valence-electron chi connectivity index (χ4n) is 2.66. The van der Waals surface area contributed by atoms with Gasteiger partial charge in [-0.25, -0.2) is 0 Å². The maximum atomic E-state index is 10.6. The largest absolute Gasteiger partial charge is 0.481 e. The molecule has 1 heterocycles. The Morgan fingerprint density at radius 2 is 2.05 bits per heavy atom. The molecular weight excluding hydrogens is 274 g/mol. The minimum absolute atomic E-state index is 0.0898. The van der Waals surface area contributed by atoms with E-state index in [1.54, 1.807) is 0 Å². The van der Waals surface area contributed by atoms with Gasteiger partial charge in [-0.05, 0) is 43.7 Å². The van der Waals surface area contributed by atoms with Crippen LogP contribution in [0.3, 0.4) is 0 Å². The van der Waals surface area contributed by atoms with E-state index in [0.717, 1.165) is 41.4 Å².